The first-order valence-corrected chi connectivity index (χ1v) is 14.3. The van der Waals surface area contributed by atoms with E-state index < -0.39 is 0 Å². The monoisotopic (exact) mass is 517 g/mol. The molecule has 4 heteroatoms. The van der Waals surface area contributed by atoms with Crippen LogP contribution in [0.15, 0.2) is 115 Å². The zero-order valence-corrected chi connectivity index (χ0v) is 22.7. The van der Waals surface area contributed by atoms with Crippen LogP contribution in [0.25, 0.3) is 11.1 Å². The second-order valence-electron chi connectivity index (χ2n) is 10.4. The molecule has 1 saturated heterocycles. The highest BCUT2D eigenvalue weighted by Crippen LogP contribution is 2.28. The van der Waals surface area contributed by atoms with Gasteiger partial charge in [-0.25, -0.2) is 4.79 Å². The maximum absolute atomic E-state index is 13.8. The summed E-state index contributed by atoms with van der Waals surface area (Å²) in [6.45, 7) is 3.90. The summed E-state index contributed by atoms with van der Waals surface area (Å²) in [5.74, 6) is 0. The first-order valence-electron chi connectivity index (χ1n) is 14.3. The first kappa shape index (κ1) is 26.7. The number of para-hydroxylation sites is 1. The molecule has 1 aliphatic heterocycles. The lowest BCUT2D eigenvalue weighted by Crippen LogP contribution is -2.49. The van der Waals surface area contributed by atoms with Crippen molar-refractivity contribution in [2.24, 2.45) is 0 Å². The zero-order valence-electron chi connectivity index (χ0n) is 22.7. The number of piperidine rings is 1. The molecule has 2 amide bonds. The maximum Gasteiger partial charge on any atom is 0.322 e. The molecule has 200 valence electrons. The highest BCUT2D eigenvalue weighted by Gasteiger charge is 2.28. The van der Waals surface area contributed by atoms with Crippen LogP contribution in [0.5, 0.6) is 0 Å². The molecule has 0 radical (unpaired) electrons. The Hall–Kier alpha value is -3.89. The summed E-state index contributed by atoms with van der Waals surface area (Å²) >= 11 is 0. The number of nitrogens with zero attached hydrogens (tertiary/aromatic N) is 2. The number of urea groups is 1. The summed E-state index contributed by atoms with van der Waals surface area (Å²) < 4.78 is 0. The van der Waals surface area contributed by atoms with E-state index in [9.17, 15) is 4.79 Å². The Morgan fingerprint density at radius 3 is 1.95 bits per heavy atom. The average molecular weight is 518 g/mol. The molecule has 1 heterocycles. The minimum Gasteiger partial charge on any atom is -0.321 e. The molecule has 0 aromatic heterocycles. The lowest BCUT2D eigenvalue weighted by atomic mass is 10.0. The minimum atomic E-state index is -0.00293. The maximum atomic E-state index is 13.8. The summed E-state index contributed by atoms with van der Waals surface area (Å²) in [6.07, 6.45) is 5.16. The Balaban J connectivity index is 1.23. The number of rotatable bonds is 10. The van der Waals surface area contributed by atoms with Crippen LogP contribution in [0, 0.1) is 0 Å². The Kier molecular flexibility index (Phi) is 9.43. The number of carbonyl (C=O) groups excluding carboxylic acids is 1. The van der Waals surface area contributed by atoms with Crippen LogP contribution in [0.3, 0.4) is 0 Å². The van der Waals surface area contributed by atoms with Crippen molar-refractivity contribution in [3.8, 4) is 11.1 Å². The van der Waals surface area contributed by atoms with E-state index in [0.29, 0.717) is 6.54 Å². The van der Waals surface area contributed by atoms with Gasteiger partial charge in [-0.3, -0.25) is 0 Å². The average Bonchev–Trinajstić information content (AvgIpc) is 3.00. The van der Waals surface area contributed by atoms with E-state index in [1.54, 1.807) is 0 Å². The van der Waals surface area contributed by atoms with Crippen molar-refractivity contribution in [2.45, 2.75) is 38.1 Å². The molecular weight excluding hydrogens is 478 g/mol. The van der Waals surface area contributed by atoms with Crippen molar-refractivity contribution in [3.63, 3.8) is 0 Å². The lowest BCUT2D eigenvalue weighted by Gasteiger charge is -2.38. The molecule has 0 spiro atoms. The molecule has 0 saturated carbocycles. The van der Waals surface area contributed by atoms with Crippen LogP contribution in [0.2, 0.25) is 0 Å². The molecule has 1 aliphatic rings. The largest absolute Gasteiger partial charge is 0.322 e. The second-order valence-corrected chi connectivity index (χ2v) is 10.4. The number of aryl methyl sites for hydroxylation is 1. The normalized spacial score (nSPS) is 14.2. The Morgan fingerprint density at radius 1 is 0.718 bits per heavy atom. The summed E-state index contributed by atoms with van der Waals surface area (Å²) in [6, 6.07) is 39.8. The highest BCUT2D eigenvalue weighted by molar-refractivity contribution is 5.94. The molecule has 0 bridgehead atoms. The predicted octanol–water partition coefficient (Wildman–Crippen LogP) is 7.53. The Morgan fingerprint density at radius 2 is 1.28 bits per heavy atom. The van der Waals surface area contributed by atoms with Crippen LogP contribution in [0.1, 0.15) is 30.4 Å². The third kappa shape index (κ3) is 7.58. The number of anilines is 1. The van der Waals surface area contributed by atoms with Gasteiger partial charge in [-0.1, -0.05) is 109 Å². The molecular formula is C35H39N3O. The third-order valence-electron chi connectivity index (χ3n) is 7.78. The van der Waals surface area contributed by atoms with Gasteiger partial charge in [0.25, 0.3) is 0 Å². The van der Waals surface area contributed by atoms with Gasteiger partial charge in [-0.15, -0.1) is 0 Å². The van der Waals surface area contributed by atoms with Gasteiger partial charge >= 0.3 is 6.03 Å². The standard InChI is InChI=1S/C35H39N3O/c39-35(36-34-21-11-10-20-33(34)31-18-8-3-9-19-31)38(28-22-30-15-6-2-7-16-30)32-23-26-37(27-24-32)25-12-17-29-13-4-1-5-14-29/h1-11,13-16,18-21,32H,12,17,22-28H2,(H,36,39). The van der Waals surface area contributed by atoms with Crippen molar-refractivity contribution >= 4 is 11.7 Å². The molecule has 4 aromatic carbocycles. The zero-order chi connectivity index (χ0) is 26.7. The number of hydrogen-bond donors (Lipinski definition) is 1. The van der Waals surface area contributed by atoms with Crippen LogP contribution < -0.4 is 5.32 Å². The summed E-state index contributed by atoms with van der Waals surface area (Å²) in [7, 11) is 0. The van der Waals surface area contributed by atoms with Crippen molar-refractivity contribution in [1.29, 1.82) is 0 Å². The number of likely N-dealkylation sites (tertiary alicyclic amines) is 1. The smallest absolute Gasteiger partial charge is 0.321 e. The molecule has 0 aliphatic carbocycles. The van der Waals surface area contributed by atoms with E-state index in [2.05, 4.69) is 87.9 Å². The van der Waals surface area contributed by atoms with Gasteiger partial charge in [0.05, 0.1) is 5.69 Å². The highest BCUT2D eigenvalue weighted by atomic mass is 16.2. The molecule has 4 nitrogen and oxygen atoms in total. The Labute approximate surface area is 233 Å². The van der Waals surface area contributed by atoms with Crippen molar-refractivity contribution < 1.29 is 4.79 Å². The van der Waals surface area contributed by atoms with Gasteiger partial charge in [0.1, 0.15) is 0 Å². The van der Waals surface area contributed by atoms with E-state index >= 15 is 0 Å². The number of nitrogens with one attached hydrogen (secondary N) is 1. The Bertz CT molecular complexity index is 1290. The predicted molar refractivity (Wildman–Crippen MR) is 162 cm³/mol. The van der Waals surface area contributed by atoms with E-state index in [1.807, 2.05) is 42.5 Å². The number of amides is 2. The fourth-order valence-electron chi connectivity index (χ4n) is 5.60. The van der Waals surface area contributed by atoms with Crippen molar-refractivity contribution in [3.05, 3.63) is 126 Å². The number of hydrogen-bond acceptors (Lipinski definition) is 2. The van der Waals surface area contributed by atoms with Crippen LogP contribution in [-0.4, -0.2) is 48.1 Å². The molecule has 0 unspecified atom stereocenters. The van der Waals surface area contributed by atoms with Crippen molar-refractivity contribution in [1.82, 2.24) is 9.80 Å². The summed E-state index contributed by atoms with van der Waals surface area (Å²) in [4.78, 5) is 18.5. The molecule has 5 rings (SSSR count). The minimum absolute atomic E-state index is 0.00293. The van der Waals surface area contributed by atoms with Gasteiger partial charge in [0.15, 0.2) is 0 Å². The van der Waals surface area contributed by atoms with Crippen LogP contribution >= 0.6 is 0 Å². The molecule has 1 N–H and O–H groups in total. The van der Waals surface area contributed by atoms with Gasteiger partial charge in [-0.05, 0) is 61.4 Å². The fourth-order valence-corrected chi connectivity index (χ4v) is 5.60. The first-order chi connectivity index (χ1) is 19.3. The third-order valence-corrected chi connectivity index (χ3v) is 7.78. The lowest BCUT2D eigenvalue weighted by molar-refractivity contribution is 0.127. The van der Waals surface area contributed by atoms with Gasteiger partial charge in [-0.2, -0.15) is 0 Å². The van der Waals surface area contributed by atoms with Gasteiger partial charge < -0.3 is 15.1 Å². The molecule has 4 aromatic rings. The summed E-state index contributed by atoms with van der Waals surface area (Å²) in [5, 5.41) is 3.28. The topological polar surface area (TPSA) is 35.6 Å². The molecule has 1 fully saturated rings. The second kappa shape index (κ2) is 13.8. The van der Waals surface area contributed by atoms with Crippen LogP contribution in [0.4, 0.5) is 10.5 Å². The fraction of sp³-hybridized carbons (Fsp3) is 0.286. The van der Waals surface area contributed by atoms with E-state index in [-0.39, 0.29) is 12.1 Å². The van der Waals surface area contributed by atoms with E-state index in [1.165, 1.54) is 17.5 Å². The number of carbonyl (C=O) groups is 1. The molecule has 0 atom stereocenters. The van der Waals surface area contributed by atoms with E-state index in [0.717, 1.165) is 62.1 Å². The van der Waals surface area contributed by atoms with Gasteiger partial charge in [0.2, 0.25) is 0 Å². The van der Waals surface area contributed by atoms with Gasteiger partial charge in [0, 0.05) is 31.2 Å². The summed E-state index contributed by atoms with van der Waals surface area (Å²) in [5.41, 5.74) is 5.68. The van der Waals surface area contributed by atoms with Crippen LogP contribution in [-0.2, 0) is 12.8 Å². The SMILES string of the molecule is O=C(Nc1ccccc1-c1ccccc1)N(CCc1ccccc1)C1CCN(CCCc2ccccc2)CC1. The molecule has 39 heavy (non-hydrogen) atoms. The quantitative estimate of drug-likeness (QED) is 0.236. The number of benzene rings is 4. The van der Waals surface area contributed by atoms with Crippen molar-refractivity contribution in [2.75, 3.05) is 31.5 Å². The van der Waals surface area contributed by atoms with E-state index in [4.69, 9.17) is 0 Å².